The molecule has 88 valence electrons. The van der Waals surface area contributed by atoms with Crippen molar-refractivity contribution in [1.29, 1.82) is 0 Å². The highest BCUT2D eigenvalue weighted by Crippen LogP contribution is 2.31. The van der Waals surface area contributed by atoms with Crippen molar-refractivity contribution in [3.05, 3.63) is 23.8 Å². The molecule has 1 aromatic carbocycles. The largest absolute Gasteiger partial charge is 0.507 e. The lowest BCUT2D eigenvalue weighted by atomic mass is 10.1. The maximum absolute atomic E-state index is 10.4. The molecule has 5 N–H and O–H groups in total. The first-order chi connectivity index (χ1) is 7.52. The second-order valence-electron chi connectivity index (χ2n) is 3.30. The van der Waals surface area contributed by atoms with Gasteiger partial charge in [-0.3, -0.25) is 9.63 Å². The zero-order chi connectivity index (χ0) is 12.1. The normalized spacial score (nSPS) is 12.3. The minimum atomic E-state index is -0.610. The second-order valence-corrected chi connectivity index (χ2v) is 3.30. The van der Waals surface area contributed by atoms with Gasteiger partial charge in [-0.25, -0.2) is 0 Å². The Kier molecular flexibility index (Phi) is 4.10. The number of phenolic OH excluding ortho intramolecular Hbond substituents is 2. The number of hydroxylamine groups is 1. The van der Waals surface area contributed by atoms with Crippen LogP contribution in [0.3, 0.4) is 0 Å². The summed E-state index contributed by atoms with van der Waals surface area (Å²) in [6.07, 6.45) is 0. The molecule has 1 aromatic rings. The first-order valence-electron chi connectivity index (χ1n) is 4.69. The summed E-state index contributed by atoms with van der Waals surface area (Å²) >= 11 is 0. The molecule has 1 rings (SSSR count). The van der Waals surface area contributed by atoms with E-state index in [9.17, 15) is 15.0 Å². The third kappa shape index (κ3) is 3.11. The predicted octanol–water partition coefficient (Wildman–Crippen LogP) is 0.165. The summed E-state index contributed by atoms with van der Waals surface area (Å²) in [5.74, 6) is -0.716. The van der Waals surface area contributed by atoms with E-state index in [2.05, 4.69) is 5.48 Å². The number of primary amides is 1. The molecule has 16 heavy (non-hydrogen) atoms. The maximum atomic E-state index is 10.4. The first-order valence-corrected chi connectivity index (χ1v) is 4.69. The van der Waals surface area contributed by atoms with Gasteiger partial charge in [-0.2, -0.15) is 5.48 Å². The topological polar surface area (TPSA) is 105 Å². The summed E-state index contributed by atoms with van der Waals surface area (Å²) in [5.41, 5.74) is 7.66. The quantitative estimate of drug-likeness (QED) is 0.535. The lowest BCUT2D eigenvalue weighted by Gasteiger charge is -2.15. The molecule has 0 aliphatic rings. The molecule has 0 saturated carbocycles. The fourth-order valence-corrected chi connectivity index (χ4v) is 1.28. The average Bonchev–Trinajstić information content (AvgIpc) is 2.16. The zero-order valence-corrected chi connectivity index (χ0v) is 8.80. The lowest BCUT2D eigenvalue weighted by Crippen LogP contribution is -2.26. The molecule has 0 aliphatic carbocycles. The zero-order valence-electron chi connectivity index (χ0n) is 8.80. The molecule has 0 bridgehead atoms. The van der Waals surface area contributed by atoms with Crippen LogP contribution in [0.25, 0.3) is 0 Å². The number of aromatic hydroxyl groups is 2. The molecule has 0 spiro atoms. The van der Waals surface area contributed by atoms with Gasteiger partial charge in [-0.1, -0.05) is 6.07 Å². The highest BCUT2D eigenvalue weighted by molar-refractivity contribution is 5.74. The Labute approximate surface area is 92.6 Å². The Balaban J connectivity index is 2.65. The highest BCUT2D eigenvalue weighted by Gasteiger charge is 2.14. The number of hydrogen-bond donors (Lipinski definition) is 4. The molecule has 0 radical (unpaired) electrons. The van der Waals surface area contributed by atoms with Crippen molar-refractivity contribution in [3.63, 3.8) is 0 Å². The van der Waals surface area contributed by atoms with E-state index in [1.165, 1.54) is 18.2 Å². The van der Waals surface area contributed by atoms with Crippen LogP contribution in [0.2, 0.25) is 0 Å². The van der Waals surface area contributed by atoms with E-state index in [0.29, 0.717) is 5.56 Å². The molecule has 0 heterocycles. The molecule has 1 unspecified atom stereocenters. The third-order valence-electron chi connectivity index (χ3n) is 1.97. The Bertz CT molecular complexity index is 361. The van der Waals surface area contributed by atoms with E-state index in [0.717, 1.165) is 0 Å². The fraction of sp³-hybridized carbons (Fsp3) is 0.300. The molecular weight excluding hydrogens is 212 g/mol. The van der Waals surface area contributed by atoms with Crippen LogP contribution in [0.4, 0.5) is 0 Å². The predicted molar refractivity (Wildman–Crippen MR) is 56.5 cm³/mol. The van der Waals surface area contributed by atoms with Crippen molar-refractivity contribution in [2.24, 2.45) is 5.73 Å². The molecule has 6 heteroatoms. The van der Waals surface area contributed by atoms with E-state index in [-0.39, 0.29) is 18.1 Å². The smallest absolute Gasteiger partial charge is 0.245 e. The molecule has 0 saturated heterocycles. The summed E-state index contributed by atoms with van der Waals surface area (Å²) in [5, 5.41) is 19.0. The minimum absolute atomic E-state index is 0.0531. The molecule has 1 amide bonds. The van der Waals surface area contributed by atoms with E-state index in [1.807, 2.05) is 0 Å². The molecular formula is C10H14N2O4. The number of phenols is 2. The van der Waals surface area contributed by atoms with Crippen LogP contribution >= 0.6 is 0 Å². The Morgan fingerprint density at radius 1 is 1.50 bits per heavy atom. The summed E-state index contributed by atoms with van der Waals surface area (Å²) in [7, 11) is 0. The highest BCUT2D eigenvalue weighted by atomic mass is 16.6. The number of nitrogens with two attached hydrogens (primary N) is 1. The van der Waals surface area contributed by atoms with E-state index in [4.69, 9.17) is 10.6 Å². The van der Waals surface area contributed by atoms with Gasteiger partial charge >= 0.3 is 0 Å². The summed E-state index contributed by atoms with van der Waals surface area (Å²) in [6, 6.07) is 3.94. The van der Waals surface area contributed by atoms with Gasteiger partial charge in [0.25, 0.3) is 0 Å². The van der Waals surface area contributed by atoms with Crippen molar-refractivity contribution >= 4 is 5.91 Å². The van der Waals surface area contributed by atoms with Crippen LogP contribution < -0.4 is 11.2 Å². The SMILES string of the molecule is CC(NOCC(N)=O)c1c(O)cccc1O. The average molecular weight is 226 g/mol. The number of rotatable bonds is 5. The van der Waals surface area contributed by atoms with Crippen molar-refractivity contribution in [2.75, 3.05) is 6.61 Å². The van der Waals surface area contributed by atoms with Crippen LogP contribution in [-0.4, -0.2) is 22.7 Å². The van der Waals surface area contributed by atoms with Gasteiger partial charge in [-0.05, 0) is 19.1 Å². The van der Waals surface area contributed by atoms with Crippen LogP contribution in [0.5, 0.6) is 11.5 Å². The van der Waals surface area contributed by atoms with Crippen LogP contribution in [0.1, 0.15) is 18.5 Å². The molecule has 1 atom stereocenters. The van der Waals surface area contributed by atoms with Crippen LogP contribution in [0.15, 0.2) is 18.2 Å². The van der Waals surface area contributed by atoms with E-state index >= 15 is 0 Å². The Morgan fingerprint density at radius 2 is 2.06 bits per heavy atom. The molecule has 0 fully saturated rings. The monoisotopic (exact) mass is 226 g/mol. The second kappa shape index (κ2) is 5.34. The number of amides is 1. The first kappa shape index (κ1) is 12.3. The van der Waals surface area contributed by atoms with E-state index in [1.54, 1.807) is 6.92 Å². The molecule has 0 aromatic heterocycles. The number of nitrogens with one attached hydrogen (secondary N) is 1. The van der Waals surface area contributed by atoms with Crippen molar-refractivity contribution in [1.82, 2.24) is 5.48 Å². The minimum Gasteiger partial charge on any atom is -0.507 e. The number of carbonyl (C=O) groups is 1. The van der Waals surface area contributed by atoms with Crippen molar-refractivity contribution in [3.8, 4) is 11.5 Å². The Hall–Kier alpha value is -1.79. The van der Waals surface area contributed by atoms with Gasteiger partial charge in [-0.15, -0.1) is 0 Å². The summed E-state index contributed by atoms with van der Waals surface area (Å²) < 4.78 is 0. The maximum Gasteiger partial charge on any atom is 0.245 e. The van der Waals surface area contributed by atoms with Gasteiger partial charge in [0.15, 0.2) is 0 Å². The number of benzene rings is 1. The van der Waals surface area contributed by atoms with Gasteiger partial charge < -0.3 is 15.9 Å². The van der Waals surface area contributed by atoms with Gasteiger partial charge in [0.2, 0.25) is 5.91 Å². The van der Waals surface area contributed by atoms with Crippen LogP contribution in [-0.2, 0) is 9.63 Å². The Morgan fingerprint density at radius 3 is 2.56 bits per heavy atom. The molecule has 6 nitrogen and oxygen atoms in total. The number of carbonyl (C=O) groups excluding carboxylic acids is 1. The third-order valence-corrected chi connectivity index (χ3v) is 1.97. The molecule has 0 aliphatic heterocycles. The summed E-state index contributed by atoms with van der Waals surface area (Å²) in [4.78, 5) is 15.2. The standard InChI is InChI=1S/C10H14N2O4/c1-6(12-16-5-9(11)15)10-7(13)3-2-4-8(10)14/h2-4,6,12-14H,5H2,1H3,(H2,11,15). The lowest BCUT2D eigenvalue weighted by molar-refractivity contribution is -0.126. The van der Waals surface area contributed by atoms with E-state index < -0.39 is 11.9 Å². The van der Waals surface area contributed by atoms with Gasteiger partial charge in [0, 0.05) is 0 Å². The number of hydrogen-bond acceptors (Lipinski definition) is 5. The summed E-state index contributed by atoms with van der Waals surface area (Å²) in [6.45, 7) is 1.38. The van der Waals surface area contributed by atoms with Gasteiger partial charge in [0.05, 0.1) is 11.6 Å². The van der Waals surface area contributed by atoms with Crippen LogP contribution in [0, 0.1) is 0 Å². The van der Waals surface area contributed by atoms with Crippen molar-refractivity contribution < 1.29 is 19.8 Å². The van der Waals surface area contributed by atoms with Gasteiger partial charge in [0.1, 0.15) is 18.1 Å². The van der Waals surface area contributed by atoms with Crippen molar-refractivity contribution in [2.45, 2.75) is 13.0 Å². The fourth-order valence-electron chi connectivity index (χ4n) is 1.28.